The highest BCUT2D eigenvalue weighted by Gasteiger charge is 2.11. The molecule has 0 fully saturated rings. The van der Waals surface area contributed by atoms with Gasteiger partial charge in [0, 0.05) is 18.1 Å². The molecule has 1 aromatic heterocycles. The van der Waals surface area contributed by atoms with Gasteiger partial charge in [-0.3, -0.25) is 0 Å². The summed E-state index contributed by atoms with van der Waals surface area (Å²) in [6.07, 6.45) is 2.81. The van der Waals surface area contributed by atoms with Gasteiger partial charge in [-0.25, -0.2) is 4.98 Å². The molecule has 0 radical (unpaired) electrons. The predicted octanol–water partition coefficient (Wildman–Crippen LogP) is 2.08. The van der Waals surface area contributed by atoms with Crippen LogP contribution in [0.2, 0.25) is 0 Å². The maximum Gasteiger partial charge on any atom is 0.166 e. The Kier molecular flexibility index (Phi) is 4.82. The second-order valence-electron chi connectivity index (χ2n) is 2.83. The molecule has 0 aliphatic carbocycles. The van der Waals surface area contributed by atoms with Gasteiger partial charge in [0.05, 0.1) is 6.04 Å². The largest absolute Gasteiger partial charge is 0.363 e. The van der Waals surface area contributed by atoms with Gasteiger partial charge in [0.15, 0.2) is 5.11 Å². The van der Waals surface area contributed by atoms with E-state index in [9.17, 15) is 0 Å². The minimum atomic E-state index is 0.238. The molecule has 0 aliphatic heterocycles. The molecular formula is C9H15N3S2. The van der Waals surface area contributed by atoms with Gasteiger partial charge in [-0.15, -0.1) is 11.3 Å². The van der Waals surface area contributed by atoms with Crippen molar-refractivity contribution in [1.82, 2.24) is 15.6 Å². The lowest BCUT2D eigenvalue weighted by molar-refractivity contribution is 0.614. The van der Waals surface area contributed by atoms with E-state index in [-0.39, 0.29) is 6.04 Å². The molecule has 14 heavy (non-hydrogen) atoms. The van der Waals surface area contributed by atoms with Crippen LogP contribution >= 0.6 is 23.6 Å². The summed E-state index contributed by atoms with van der Waals surface area (Å²) in [7, 11) is 0. The molecular weight excluding hydrogens is 214 g/mol. The van der Waals surface area contributed by atoms with Crippen molar-refractivity contribution in [3.63, 3.8) is 0 Å². The number of nitrogens with zero attached hydrogens (tertiary/aromatic N) is 1. The standard InChI is InChI=1S/C9H15N3S2/c1-3-7(8-11-5-6-14-8)12-9(13)10-4-2/h5-7H,3-4H2,1-2H3,(H2,10,12,13). The minimum absolute atomic E-state index is 0.238. The fraction of sp³-hybridized carbons (Fsp3) is 0.556. The van der Waals surface area contributed by atoms with Crippen molar-refractivity contribution in [3.8, 4) is 0 Å². The molecule has 0 aliphatic rings. The second-order valence-corrected chi connectivity index (χ2v) is 4.17. The summed E-state index contributed by atoms with van der Waals surface area (Å²) in [5.74, 6) is 0. The SMILES string of the molecule is CCNC(=S)NC(CC)c1nccs1. The van der Waals surface area contributed by atoms with Crippen LogP contribution in [0.15, 0.2) is 11.6 Å². The Balaban J connectivity index is 2.51. The summed E-state index contributed by atoms with van der Waals surface area (Å²) in [6.45, 7) is 4.99. The van der Waals surface area contributed by atoms with Crippen molar-refractivity contribution < 1.29 is 0 Å². The van der Waals surface area contributed by atoms with E-state index in [4.69, 9.17) is 12.2 Å². The molecule has 78 valence electrons. The average Bonchev–Trinajstić information content (AvgIpc) is 2.67. The van der Waals surface area contributed by atoms with Gasteiger partial charge in [-0.2, -0.15) is 0 Å². The summed E-state index contributed by atoms with van der Waals surface area (Å²) in [5.41, 5.74) is 0. The van der Waals surface area contributed by atoms with E-state index < -0.39 is 0 Å². The van der Waals surface area contributed by atoms with Gasteiger partial charge in [-0.1, -0.05) is 6.92 Å². The molecule has 1 aromatic rings. The molecule has 0 bridgehead atoms. The zero-order valence-corrected chi connectivity index (χ0v) is 10.0. The zero-order chi connectivity index (χ0) is 10.4. The first-order valence-corrected chi connectivity index (χ1v) is 6.00. The molecule has 0 amide bonds. The van der Waals surface area contributed by atoms with Crippen LogP contribution in [-0.2, 0) is 0 Å². The van der Waals surface area contributed by atoms with E-state index >= 15 is 0 Å². The Bertz CT molecular complexity index is 272. The lowest BCUT2D eigenvalue weighted by atomic mass is 10.2. The summed E-state index contributed by atoms with van der Waals surface area (Å²) in [5, 5.41) is 10.1. The number of hydrogen-bond donors (Lipinski definition) is 2. The van der Waals surface area contributed by atoms with Crippen molar-refractivity contribution in [3.05, 3.63) is 16.6 Å². The molecule has 0 saturated heterocycles. The highest BCUT2D eigenvalue weighted by atomic mass is 32.1. The van der Waals surface area contributed by atoms with Crippen LogP contribution in [0.1, 0.15) is 31.3 Å². The van der Waals surface area contributed by atoms with Crippen LogP contribution in [0.25, 0.3) is 0 Å². The average molecular weight is 229 g/mol. The number of rotatable bonds is 4. The van der Waals surface area contributed by atoms with Crippen LogP contribution < -0.4 is 10.6 Å². The summed E-state index contributed by atoms with van der Waals surface area (Å²) in [4.78, 5) is 4.27. The Morgan fingerprint density at radius 1 is 1.64 bits per heavy atom. The van der Waals surface area contributed by atoms with E-state index in [0.717, 1.165) is 18.0 Å². The minimum Gasteiger partial charge on any atom is -0.363 e. The normalized spacial score (nSPS) is 12.1. The van der Waals surface area contributed by atoms with Crippen LogP contribution in [0.3, 0.4) is 0 Å². The zero-order valence-electron chi connectivity index (χ0n) is 8.41. The first-order chi connectivity index (χ1) is 6.77. The van der Waals surface area contributed by atoms with E-state index in [0.29, 0.717) is 5.11 Å². The van der Waals surface area contributed by atoms with Gasteiger partial charge in [0.1, 0.15) is 5.01 Å². The maximum atomic E-state index is 5.12. The van der Waals surface area contributed by atoms with Crippen molar-refractivity contribution >= 4 is 28.7 Å². The van der Waals surface area contributed by atoms with E-state index in [1.165, 1.54) is 0 Å². The van der Waals surface area contributed by atoms with Gasteiger partial charge < -0.3 is 10.6 Å². The lowest BCUT2D eigenvalue weighted by Crippen LogP contribution is -2.37. The third-order valence-corrected chi connectivity index (χ3v) is 2.95. The Morgan fingerprint density at radius 3 is 2.93 bits per heavy atom. The van der Waals surface area contributed by atoms with Crippen LogP contribution in [0, 0.1) is 0 Å². The van der Waals surface area contributed by atoms with Gasteiger partial charge in [0.25, 0.3) is 0 Å². The number of aromatic nitrogens is 1. The Labute approximate surface area is 93.9 Å². The van der Waals surface area contributed by atoms with E-state index in [1.54, 1.807) is 11.3 Å². The summed E-state index contributed by atoms with van der Waals surface area (Å²) < 4.78 is 0. The molecule has 1 atom stereocenters. The lowest BCUT2D eigenvalue weighted by Gasteiger charge is -2.16. The molecule has 1 heterocycles. The molecule has 0 spiro atoms. The van der Waals surface area contributed by atoms with Crippen LogP contribution in [0.5, 0.6) is 0 Å². The predicted molar refractivity (Wildman–Crippen MR) is 64.6 cm³/mol. The van der Waals surface area contributed by atoms with Crippen LogP contribution in [0.4, 0.5) is 0 Å². The molecule has 3 nitrogen and oxygen atoms in total. The van der Waals surface area contributed by atoms with E-state index in [2.05, 4.69) is 22.5 Å². The Morgan fingerprint density at radius 2 is 2.43 bits per heavy atom. The van der Waals surface area contributed by atoms with Crippen LogP contribution in [-0.4, -0.2) is 16.6 Å². The maximum absolute atomic E-state index is 5.12. The molecule has 2 N–H and O–H groups in total. The Hall–Kier alpha value is -0.680. The fourth-order valence-electron chi connectivity index (χ4n) is 1.11. The number of thiocarbonyl (C=S) groups is 1. The van der Waals surface area contributed by atoms with Gasteiger partial charge in [0.2, 0.25) is 0 Å². The number of thiazole rings is 1. The third kappa shape index (κ3) is 3.23. The second kappa shape index (κ2) is 5.93. The molecule has 1 unspecified atom stereocenters. The van der Waals surface area contributed by atoms with Crippen molar-refractivity contribution in [2.45, 2.75) is 26.3 Å². The molecule has 0 saturated carbocycles. The fourth-order valence-corrected chi connectivity index (χ4v) is 2.17. The van der Waals surface area contributed by atoms with Crippen molar-refractivity contribution in [2.75, 3.05) is 6.54 Å². The number of hydrogen-bond acceptors (Lipinski definition) is 3. The molecule has 0 aromatic carbocycles. The quantitative estimate of drug-likeness (QED) is 0.775. The summed E-state index contributed by atoms with van der Waals surface area (Å²) >= 11 is 6.78. The highest BCUT2D eigenvalue weighted by molar-refractivity contribution is 7.80. The molecule has 1 rings (SSSR count). The topological polar surface area (TPSA) is 37.0 Å². The van der Waals surface area contributed by atoms with E-state index in [1.807, 2.05) is 18.5 Å². The monoisotopic (exact) mass is 229 g/mol. The number of nitrogens with one attached hydrogen (secondary N) is 2. The van der Waals surface area contributed by atoms with Gasteiger partial charge >= 0.3 is 0 Å². The smallest absolute Gasteiger partial charge is 0.166 e. The highest BCUT2D eigenvalue weighted by Crippen LogP contribution is 2.18. The third-order valence-electron chi connectivity index (χ3n) is 1.80. The molecule has 5 heteroatoms. The van der Waals surface area contributed by atoms with Crippen molar-refractivity contribution in [1.29, 1.82) is 0 Å². The summed E-state index contributed by atoms with van der Waals surface area (Å²) in [6, 6.07) is 0.238. The first kappa shape index (κ1) is 11.4. The van der Waals surface area contributed by atoms with Gasteiger partial charge in [-0.05, 0) is 25.6 Å². The first-order valence-electron chi connectivity index (χ1n) is 4.71. The van der Waals surface area contributed by atoms with Crippen molar-refractivity contribution in [2.24, 2.45) is 0 Å².